The van der Waals surface area contributed by atoms with Gasteiger partial charge in [0.2, 0.25) is 0 Å². The lowest BCUT2D eigenvalue weighted by Gasteiger charge is -2.12. The summed E-state index contributed by atoms with van der Waals surface area (Å²) in [6.45, 7) is 0. The molecule has 0 radical (unpaired) electrons. The van der Waals surface area contributed by atoms with E-state index in [2.05, 4.69) is 0 Å². The van der Waals surface area contributed by atoms with Gasteiger partial charge in [-0.3, -0.25) is 4.79 Å². The van der Waals surface area contributed by atoms with Gasteiger partial charge in [-0.2, -0.15) is 0 Å². The molecule has 2 rings (SSSR count). The lowest BCUT2D eigenvalue weighted by Crippen LogP contribution is -2.08. The molecular formula is C19H21NO3. The second kappa shape index (κ2) is 7.49. The monoisotopic (exact) mass is 311 g/mol. The van der Waals surface area contributed by atoms with Crippen LogP contribution in [0.1, 0.15) is 15.9 Å². The van der Waals surface area contributed by atoms with E-state index in [0.29, 0.717) is 17.1 Å². The minimum absolute atomic E-state index is 0.0554. The third-order valence-corrected chi connectivity index (χ3v) is 3.52. The first-order valence-electron chi connectivity index (χ1n) is 7.27. The van der Waals surface area contributed by atoms with Crippen molar-refractivity contribution in [3.63, 3.8) is 0 Å². The molecule has 0 bridgehead atoms. The first kappa shape index (κ1) is 16.6. The maximum Gasteiger partial charge on any atom is 0.185 e. The second-order valence-electron chi connectivity index (χ2n) is 5.22. The molecule has 0 aliphatic heterocycles. The number of anilines is 1. The highest BCUT2D eigenvalue weighted by molar-refractivity contribution is 6.07. The van der Waals surface area contributed by atoms with Crippen LogP contribution in [0.2, 0.25) is 0 Å². The van der Waals surface area contributed by atoms with E-state index in [4.69, 9.17) is 9.47 Å². The number of rotatable bonds is 6. The van der Waals surface area contributed by atoms with E-state index in [0.717, 1.165) is 11.3 Å². The largest absolute Gasteiger partial charge is 0.493 e. The molecule has 120 valence electrons. The number of benzene rings is 2. The summed E-state index contributed by atoms with van der Waals surface area (Å²) in [5.41, 5.74) is 2.50. The molecule has 2 aromatic carbocycles. The van der Waals surface area contributed by atoms with Crippen molar-refractivity contribution in [2.45, 2.75) is 0 Å². The van der Waals surface area contributed by atoms with Crippen molar-refractivity contribution in [2.24, 2.45) is 0 Å². The Morgan fingerprint density at radius 3 is 2.26 bits per heavy atom. The molecule has 0 N–H and O–H groups in total. The van der Waals surface area contributed by atoms with Crippen LogP contribution in [-0.2, 0) is 0 Å². The average molecular weight is 311 g/mol. The minimum Gasteiger partial charge on any atom is -0.493 e. The number of methoxy groups -OCH3 is 2. The third-order valence-electron chi connectivity index (χ3n) is 3.52. The predicted molar refractivity (Wildman–Crippen MR) is 93.7 cm³/mol. The van der Waals surface area contributed by atoms with E-state index in [9.17, 15) is 4.79 Å². The Labute approximate surface area is 137 Å². The van der Waals surface area contributed by atoms with Gasteiger partial charge in [-0.25, -0.2) is 0 Å². The summed E-state index contributed by atoms with van der Waals surface area (Å²) in [7, 11) is 7.09. The van der Waals surface area contributed by atoms with Crippen molar-refractivity contribution >= 4 is 17.5 Å². The number of ketones is 1. The molecule has 4 nitrogen and oxygen atoms in total. The van der Waals surface area contributed by atoms with Crippen molar-refractivity contribution in [1.82, 2.24) is 0 Å². The number of hydrogen-bond acceptors (Lipinski definition) is 4. The highest BCUT2D eigenvalue weighted by Crippen LogP contribution is 2.31. The molecule has 0 saturated heterocycles. The Kier molecular flexibility index (Phi) is 5.41. The van der Waals surface area contributed by atoms with Crippen LogP contribution in [-0.4, -0.2) is 34.1 Å². The van der Waals surface area contributed by atoms with Crippen LogP contribution in [0.25, 0.3) is 6.08 Å². The van der Waals surface area contributed by atoms with E-state index in [1.54, 1.807) is 26.4 Å². The van der Waals surface area contributed by atoms with E-state index < -0.39 is 0 Å². The maximum atomic E-state index is 12.3. The first-order chi connectivity index (χ1) is 11.1. The van der Waals surface area contributed by atoms with Crippen LogP contribution in [0.4, 0.5) is 5.69 Å². The number of carbonyl (C=O) groups excluding carboxylic acids is 1. The summed E-state index contributed by atoms with van der Waals surface area (Å²) in [5.74, 6) is 1.19. The van der Waals surface area contributed by atoms with E-state index in [1.807, 2.05) is 61.5 Å². The number of nitrogens with zero attached hydrogens (tertiary/aromatic N) is 1. The maximum absolute atomic E-state index is 12.3. The average Bonchev–Trinajstić information content (AvgIpc) is 2.59. The van der Waals surface area contributed by atoms with Crippen LogP contribution in [0.5, 0.6) is 11.5 Å². The summed E-state index contributed by atoms with van der Waals surface area (Å²) in [6.07, 6.45) is 3.28. The fourth-order valence-electron chi connectivity index (χ4n) is 2.23. The molecule has 0 saturated carbocycles. The van der Waals surface area contributed by atoms with Crippen molar-refractivity contribution < 1.29 is 14.3 Å². The molecule has 0 amide bonds. The van der Waals surface area contributed by atoms with Crippen LogP contribution >= 0.6 is 0 Å². The van der Waals surface area contributed by atoms with Gasteiger partial charge in [0.15, 0.2) is 17.3 Å². The summed E-state index contributed by atoms with van der Waals surface area (Å²) >= 11 is 0. The van der Waals surface area contributed by atoms with Gasteiger partial charge in [0, 0.05) is 30.9 Å². The lowest BCUT2D eigenvalue weighted by molar-refractivity contribution is 0.104. The zero-order chi connectivity index (χ0) is 16.8. The van der Waals surface area contributed by atoms with E-state index >= 15 is 0 Å². The highest BCUT2D eigenvalue weighted by atomic mass is 16.5. The van der Waals surface area contributed by atoms with Crippen LogP contribution in [0.15, 0.2) is 48.5 Å². The minimum atomic E-state index is -0.0554. The summed E-state index contributed by atoms with van der Waals surface area (Å²) < 4.78 is 10.6. The fourth-order valence-corrected chi connectivity index (χ4v) is 2.23. The number of ether oxygens (including phenoxy) is 2. The molecule has 2 aromatic rings. The third kappa shape index (κ3) is 3.92. The number of allylic oxidation sites excluding steroid dienone is 1. The molecule has 0 aliphatic rings. The van der Waals surface area contributed by atoms with Gasteiger partial charge >= 0.3 is 0 Å². The highest BCUT2D eigenvalue weighted by Gasteiger charge is 2.08. The predicted octanol–water partition coefficient (Wildman–Crippen LogP) is 3.67. The van der Waals surface area contributed by atoms with Crippen LogP contribution < -0.4 is 14.4 Å². The van der Waals surface area contributed by atoms with Crippen molar-refractivity contribution in [3.05, 3.63) is 59.7 Å². The summed E-state index contributed by atoms with van der Waals surface area (Å²) in [6, 6.07) is 13.0. The Morgan fingerprint density at radius 1 is 1.00 bits per heavy atom. The quantitative estimate of drug-likeness (QED) is 0.603. The number of hydrogen-bond donors (Lipinski definition) is 0. The van der Waals surface area contributed by atoms with Gasteiger partial charge in [0.25, 0.3) is 0 Å². The Bertz CT molecular complexity index is 703. The molecule has 0 spiro atoms. The normalized spacial score (nSPS) is 10.6. The molecule has 23 heavy (non-hydrogen) atoms. The van der Waals surface area contributed by atoms with Gasteiger partial charge in [0.05, 0.1) is 14.2 Å². The van der Waals surface area contributed by atoms with E-state index in [-0.39, 0.29) is 5.78 Å². The molecule has 4 heteroatoms. The molecule has 0 atom stereocenters. The SMILES string of the molecule is COc1cccc(C=CC(=O)c2ccc(N(C)C)cc2)c1OC. The Balaban J connectivity index is 2.21. The summed E-state index contributed by atoms with van der Waals surface area (Å²) in [4.78, 5) is 14.3. The Morgan fingerprint density at radius 2 is 1.70 bits per heavy atom. The first-order valence-corrected chi connectivity index (χ1v) is 7.27. The van der Waals surface area contributed by atoms with Crippen molar-refractivity contribution in [2.75, 3.05) is 33.2 Å². The molecule has 0 unspecified atom stereocenters. The van der Waals surface area contributed by atoms with Gasteiger partial charge in [0.1, 0.15) is 0 Å². The topological polar surface area (TPSA) is 38.8 Å². The molecule has 0 fully saturated rings. The number of para-hydroxylation sites is 1. The van der Waals surface area contributed by atoms with Gasteiger partial charge in [-0.15, -0.1) is 0 Å². The lowest BCUT2D eigenvalue weighted by atomic mass is 10.1. The van der Waals surface area contributed by atoms with Crippen LogP contribution in [0, 0.1) is 0 Å². The zero-order valence-corrected chi connectivity index (χ0v) is 13.9. The van der Waals surface area contributed by atoms with Crippen LogP contribution in [0.3, 0.4) is 0 Å². The zero-order valence-electron chi connectivity index (χ0n) is 13.9. The second-order valence-corrected chi connectivity index (χ2v) is 5.22. The molecule has 0 heterocycles. The standard InChI is InChI=1S/C19H21NO3/c1-20(2)16-11-8-14(9-12-16)17(21)13-10-15-6-5-7-18(22-3)19(15)23-4/h5-13H,1-4H3. The molecular weight excluding hydrogens is 290 g/mol. The van der Waals surface area contributed by atoms with E-state index in [1.165, 1.54) is 0 Å². The molecule has 0 aromatic heterocycles. The fraction of sp³-hybridized carbons (Fsp3) is 0.211. The Hall–Kier alpha value is -2.75. The summed E-state index contributed by atoms with van der Waals surface area (Å²) in [5, 5.41) is 0. The van der Waals surface area contributed by atoms with Gasteiger partial charge in [-0.1, -0.05) is 12.1 Å². The van der Waals surface area contributed by atoms with Gasteiger partial charge in [-0.05, 0) is 42.5 Å². The number of carbonyl (C=O) groups is 1. The van der Waals surface area contributed by atoms with Crippen molar-refractivity contribution in [3.8, 4) is 11.5 Å². The van der Waals surface area contributed by atoms with Crippen molar-refractivity contribution in [1.29, 1.82) is 0 Å². The smallest absolute Gasteiger partial charge is 0.185 e. The van der Waals surface area contributed by atoms with Gasteiger partial charge < -0.3 is 14.4 Å². The molecule has 0 aliphatic carbocycles.